The van der Waals surface area contributed by atoms with Crippen LogP contribution in [0.2, 0.25) is 0 Å². The molecular formula is C55H94N4O8. The number of ether oxygens (including phenoxy) is 4. The predicted octanol–water partition coefficient (Wildman–Crippen LogP) is 11.9. The van der Waals surface area contributed by atoms with Gasteiger partial charge in [0.05, 0.1) is 19.8 Å². The molecule has 2 N–H and O–H groups in total. The lowest BCUT2D eigenvalue weighted by Crippen LogP contribution is -2.34. The van der Waals surface area contributed by atoms with Crippen LogP contribution in [-0.2, 0) is 44.5 Å². The van der Waals surface area contributed by atoms with Crippen LogP contribution in [0.15, 0.2) is 54.8 Å². The number of hydrogen-bond donors (Lipinski definition) is 1. The van der Waals surface area contributed by atoms with Crippen molar-refractivity contribution in [2.75, 3.05) is 71.4 Å². The first-order valence-electron chi connectivity index (χ1n) is 26.5. The molecule has 1 heterocycles. The Kier molecular flexibility index (Phi) is 41.6. The van der Waals surface area contributed by atoms with Crippen LogP contribution in [0.1, 0.15) is 193 Å². The first kappa shape index (κ1) is 61.0. The summed E-state index contributed by atoms with van der Waals surface area (Å²) in [5, 5.41) is 0. The molecule has 12 heteroatoms. The van der Waals surface area contributed by atoms with Crippen molar-refractivity contribution in [2.45, 2.75) is 194 Å². The van der Waals surface area contributed by atoms with E-state index in [9.17, 15) is 19.2 Å². The van der Waals surface area contributed by atoms with Crippen LogP contribution in [0.25, 0.3) is 0 Å². The van der Waals surface area contributed by atoms with Gasteiger partial charge in [0.15, 0.2) is 0 Å². The van der Waals surface area contributed by atoms with Gasteiger partial charge in [0, 0.05) is 38.4 Å². The average Bonchev–Trinajstić information content (AvgIpc) is 3.32. The van der Waals surface area contributed by atoms with E-state index in [-0.39, 0.29) is 36.9 Å². The Morgan fingerprint density at radius 1 is 0.448 bits per heavy atom. The summed E-state index contributed by atoms with van der Waals surface area (Å²) < 4.78 is 22.2. The van der Waals surface area contributed by atoms with Gasteiger partial charge in [-0.2, -0.15) is 0 Å². The van der Waals surface area contributed by atoms with E-state index in [1.165, 1.54) is 57.8 Å². The molecule has 67 heavy (non-hydrogen) atoms. The van der Waals surface area contributed by atoms with Crippen molar-refractivity contribution >= 4 is 29.7 Å². The monoisotopic (exact) mass is 939 g/mol. The molecule has 0 aliphatic rings. The minimum absolute atomic E-state index is 0.176. The molecule has 0 aromatic carbocycles. The lowest BCUT2D eigenvalue weighted by molar-refractivity contribution is -0.145. The fourth-order valence-electron chi connectivity index (χ4n) is 7.34. The largest absolute Gasteiger partial charge is 0.466 e. The molecule has 1 aromatic rings. The molecule has 0 saturated heterocycles. The zero-order valence-electron chi connectivity index (χ0n) is 42.5. The summed E-state index contributed by atoms with van der Waals surface area (Å²) in [5.41, 5.74) is 6.62. The van der Waals surface area contributed by atoms with Gasteiger partial charge in [-0.1, -0.05) is 102 Å². The van der Waals surface area contributed by atoms with Crippen molar-refractivity contribution in [1.82, 2.24) is 14.8 Å². The minimum atomic E-state index is -0.274. The van der Waals surface area contributed by atoms with Crippen molar-refractivity contribution in [3.8, 4) is 0 Å². The number of hydrogen-bond acceptors (Lipinski definition) is 12. The van der Waals surface area contributed by atoms with Crippen LogP contribution in [0.5, 0.6) is 0 Å². The summed E-state index contributed by atoms with van der Waals surface area (Å²) in [4.78, 5) is 59.1. The third-order valence-electron chi connectivity index (χ3n) is 11.4. The first-order valence-corrected chi connectivity index (χ1v) is 26.5. The second-order valence-corrected chi connectivity index (χ2v) is 17.6. The standard InChI is InChI=1S/C55H94N4O8/c1-4-7-10-13-16-19-22-25-45-64-52(60)32-28-39-58(40-29-33-53(61)65-46-26-23-20-17-14-11-8-5-2)42-31-43-59(44-48-67-55(63)38-36-50-35-37-51(56)57-49-50)41-30-34-54(62)66-47-27-24-21-18-15-12-9-6-3/h16-21,35,37,49H,4-15,22-34,36,38-48H2,1-3H3,(H2,56,57)/b19-16-,20-17-,21-18-. The Balaban J connectivity index is 2.72. The SMILES string of the molecule is CCCCC/C=C\CCCOC(=O)CCCN(CCCC(=O)OCCC/C=C\CCCCC)CCCN(CCCC(=O)OCCC/C=C\CCCCC)CCOC(=O)CCc1ccc(N)nc1. The topological polar surface area (TPSA) is 151 Å². The van der Waals surface area contributed by atoms with E-state index in [0.29, 0.717) is 96.8 Å². The highest BCUT2D eigenvalue weighted by Crippen LogP contribution is 2.10. The van der Waals surface area contributed by atoms with Crippen molar-refractivity contribution in [3.05, 3.63) is 60.3 Å². The predicted molar refractivity (Wildman–Crippen MR) is 274 cm³/mol. The summed E-state index contributed by atoms with van der Waals surface area (Å²) in [6.45, 7) is 12.2. The number of rotatable bonds is 46. The molecule has 0 spiro atoms. The van der Waals surface area contributed by atoms with Crippen molar-refractivity contribution in [2.24, 2.45) is 0 Å². The summed E-state index contributed by atoms with van der Waals surface area (Å²) in [7, 11) is 0. The summed E-state index contributed by atoms with van der Waals surface area (Å²) in [6.07, 6.45) is 39.0. The van der Waals surface area contributed by atoms with Gasteiger partial charge < -0.3 is 29.6 Å². The first-order chi connectivity index (χ1) is 32.8. The van der Waals surface area contributed by atoms with E-state index >= 15 is 0 Å². The maximum Gasteiger partial charge on any atom is 0.306 e. The second kappa shape index (κ2) is 45.7. The molecule has 12 nitrogen and oxygen atoms in total. The summed E-state index contributed by atoms with van der Waals surface area (Å²) >= 11 is 0. The quantitative estimate of drug-likeness (QED) is 0.0287. The van der Waals surface area contributed by atoms with Crippen LogP contribution in [0.4, 0.5) is 5.82 Å². The minimum Gasteiger partial charge on any atom is -0.466 e. The second-order valence-electron chi connectivity index (χ2n) is 17.6. The highest BCUT2D eigenvalue weighted by Gasteiger charge is 2.14. The van der Waals surface area contributed by atoms with Gasteiger partial charge in [-0.15, -0.1) is 0 Å². The molecule has 0 atom stereocenters. The van der Waals surface area contributed by atoms with Crippen molar-refractivity contribution in [3.63, 3.8) is 0 Å². The number of pyridine rings is 1. The summed E-state index contributed by atoms with van der Waals surface area (Å²) in [6, 6.07) is 3.59. The molecule has 0 amide bonds. The number of nitrogens with two attached hydrogens (primary N) is 1. The fourth-order valence-corrected chi connectivity index (χ4v) is 7.34. The molecule has 0 unspecified atom stereocenters. The van der Waals surface area contributed by atoms with Crippen LogP contribution in [0.3, 0.4) is 0 Å². The molecule has 1 rings (SSSR count). The van der Waals surface area contributed by atoms with Crippen LogP contribution in [-0.4, -0.2) is 104 Å². The van der Waals surface area contributed by atoms with E-state index in [1.54, 1.807) is 12.3 Å². The number of carbonyl (C=O) groups is 4. The zero-order chi connectivity index (χ0) is 48.7. The Labute approximate surface area is 407 Å². The lowest BCUT2D eigenvalue weighted by Gasteiger charge is -2.26. The van der Waals surface area contributed by atoms with E-state index < -0.39 is 0 Å². The average molecular weight is 939 g/mol. The van der Waals surface area contributed by atoms with Gasteiger partial charge in [0.25, 0.3) is 0 Å². The van der Waals surface area contributed by atoms with Gasteiger partial charge in [0.1, 0.15) is 12.4 Å². The molecule has 1 aromatic heterocycles. The highest BCUT2D eigenvalue weighted by atomic mass is 16.5. The van der Waals surface area contributed by atoms with Gasteiger partial charge in [0.2, 0.25) is 0 Å². The van der Waals surface area contributed by atoms with Crippen LogP contribution < -0.4 is 5.73 Å². The Morgan fingerprint density at radius 3 is 1.19 bits per heavy atom. The Hall–Kier alpha value is -4.03. The molecule has 0 radical (unpaired) electrons. The molecule has 0 aliphatic heterocycles. The van der Waals surface area contributed by atoms with Gasteiger partial charge in [-0.05, 0) is 154 Å². The molecule has 382 valence electrons. The number of unbranched alkanes of at least 4 members (excludes halogenated alkanes) is 12. The zero-order valence-corrected chi connectivity index (χ0v) is 42.5. The molecule has 0 aliphatic carbocycles. The van der Waals surface area contributed by atoms with Crippen molar-refractivity contribution < 1.29 is 38.1 Å². The van der Waals surface area contributed by atoms with E-state index in [1.807, 2.05) is 6.07 Å². The third-order valence-corrected chi connectivity index (χ3v) is 11.4. The normalized spacial score (nSPS) is 11.7. The maximum atomic E-state index is 12.6. The van der Waals surface area contributed by atoms with Crippen molar-refractivity contribution in [1.29, 1.82) is 0 Å². The number of aromatic nitrogens is 1. The highest BCUT2D eigenvalue weighted by molar-refractivity contribution is 5.70. The van der Waals surface area contributed by atoms with E-state index in [4.69, 9.17) is 24.7 Å². The summed E-state index contributed by atoms with van der Waals surface area (Å²) in [5.74, 6) is -0.379. The van der Waals surface area contributed by atoms with E-state index in [0.717, 1.165) is 82.9 Å². The number of carbonyl (C=O) groups excluding carboxylic acids is 4. The van der Waals surface area contributed by atoms with Gasteiger partial charge in [-0.3, -0.25) is 24.1 Å². The maximum absolute atomic E-state index is 12.6. The fraction of sp³-hybridized carbons (Fsp3) is 0.727. The third kappa shape index (κ3) is 40.7. The Morgan fingerprint density at radius 2 is 0.806 bits per heavy atom. The number of allylic oxidation sites excluding steroid dienone is 6. The number of nitrogens with zero attached hydrogens (tertiary/aromatic N) is 3. The number of nitrogen functional groups attached to an aromatic ring is 1. The molecule has 0 fully saturated rings. The van der Waals surface area contributed by atoms with Crippen LogP contribution >= 0.6 is 0 Å². The lowest BCUT2D eigenvalue weighted by atomic mass is 10.1. The van der Waals surface area contributed by atoms with Gasteiger partial charge >= 0.3 is 23.9 Å². The number of anilines is 1. The smallest absolute Gasteiger partial charge is 0.306 e. The molecule has 0 saturated carbocycles. The number of aryl methyl sites for hydroxylation is 1. The number of esters is 4. The Bertz CT molecular complexity index is 1400. The molecular weight excluding hydrogens is 845 g/mol. The van der Waals surface area contributed by atoms with E-state index in [2.05, 4.69) is 72.0 Å². The van der Waals surface area contributed by atoms with Crippen LogP contribution in [0, 0.1) is 0 Å². The van der Waals surface area contributed by atoms with Gasteiger partial charge in [-0.25, -0.2) is 4.98 Å². The molecule has 0 bridgehead atoms.